The zero-order valence-electron chi connectivity index (χ0n) is 9.41. The van der Waals surface area contributed by atoms with Crippen molar-refractivity contribution in [2.24, 2.45) is 0 Å². The third-order valence-corrected chi connectivity index (χ3v) is 3.17. The molecule has 0 saturated heterocycles. The summed E-state index contributed by atoms with van der Waals surface area (Å²) in [5.41, 5.74) is 0. The first-order valence-corrected chi connectivity index (χ1v) is 6.79. The fourth-order valence-electron chi connectivity index (χ4n) is 1.37. The third-order valence-electron chi connectivity index (χ3n) is 2.28. The number of nitrogens with zero attached hydrogens (tertiary/aromatic N) is 1. The summed E-state index contributed by atoms with van der Waals surface area (Å²) in [5, 5.41) is 0. The van der Waals surface area contributed by atoms with Crippen LogP contribution in [-0.2, 0) is 4.57 Å². The van der Waals surface area contributed by atoms with Crippen LogP contribution in [0.2, 0.25) is 0 Å². The Morgan fingerprint density at radius 3 is 1.71 bits per heavy atom. The maximum atomic E-state index is 11.0. The van der Waals surface area contributed by atoms with E-state index in [1.165, 1.54) is 0 Å². The van der Waals surface area contributed by atoms with E-state index in [2.05, 4.69) is 13.8 Å². The highest BCUT2D eigenvalue weighted by Crippen LogP contribution is 2.22. The van der Waals surface area contributed by atoms with Crippen molar-refractivity contribution in [2.45, 2.75) is 52.4 Å². The molecular weight excluding hydrogens is 197 g/mol. The normalized spacial score (nSPS) is 12.1. The summed E-state index contributed by atoms with van der Waals surface area (Å²) in [5.74, 6) is 0. The third kappa shape index (κ3) is 7.43. The van der Waals surface area contributed by atoms with Gasteiger partial charge in [0.2, 0.25) is 0 Å². The van der Waals surface area contributed by atoms with Crippen LogP contribution in [0.1, 0.15) is 52.4 Å². The first-order chi connectivity index (χ1) is 6.72. The Kier molecular flexibility index (Phi) is 9.58. The van der Waals surface area contributed by atoms with Gasteiger partial charge in [-0.15, -0.1) is 4.89 Å². The standard InChI is InChI=1S/C10H22NO2P/c1-3-5-7-9-11(14(12)13)10-8-6-4-2/h3-10H2,1-2H3/p+1. The van der Waals surface area contributed by atoms with Crippen LogP contribution in [0, 0.1) is 0 Å². The molecule has 0 saturated carbocycles. The Morgan fingerprint density at radius 1 is 1.00 bits per heavy atom. The van der Waals surface area contributed by atoms with E-state index in [9.17, 15) is 4.57 Å². The van der Waals surface area contributed by atoms with Gasteiger partial charge in [-0.25, -0.2) is 0 Å². The highest BCUT2D eigenvalue weighted by Gasteiger charge is 2.23. The molecule has 0 bridgehead atoms. The van der Waals surface area contributed by atoms with E-state index in [0.29, 0.717) is 0 Å². The van der Waals surface area contributed by atoms with Crippen LogP contribution < -0.4 is 0 Å². The van der Waals surface area contributed by atoms with E-state index < -0.39 is 8.18 Å². The number of rotatable bonds is 9. The average molecular weight is 220 g/mol. The second kappa shape index (κ2) is 9.57. The molecule has 0 rings (SSSR count). The molecule has 0 aromatic carbocycles. The molecule has 0 aliphatic rings. The lowest BCUT2D eigenvalue weighted by atomic mass is 10.2. The lowest BCUT2D eigenvalue weighted by Crippen LogP contribution is -2.18. The van der Waals surface area contributed by atoms with Crippen molar-refractivity contribution in [3.63, 3.8) is 0 Å². The molecule has 3 nitrogen and oxygen atoms in total. The van der Waals surface area contributed by atoms with Crippen LogP contribution in [0.15, 0.2) is 0 Å². The van der Waals surface area contributed by atoms with Gasteiger partial charge < -0.3 is 0 Å². The van der Waals surface area contributed by atoms with Gasteiger partial charge in [-0.05, 0) is 17.4 Å². The SMILES string of the molecule is CCCCCN(CCCCC)[P+](=O)O. The zero-order chi connectivity index (χ0) is 10.8. The predicted octanol–water partition coefficient (Wildman–Crippen LogP) is 3.32. The Morgan fingerprint density at radius 2 is 1.43 bits per heavy atom. The minimum Gasteiger partial charge on any atom is -0.144 e. The van der Waals surface area contributed by atoms with Crippen molar-refractivity contribution < 1.29 is 9.46 Å². The van der Waals surface area contributed by atoms with Gasteiger partial charge in [0.25, 0.3) is 0 Å². The lowest BCUT2D eigenvalue weighted by molar-refractivity contribution is 0.353. The summed E-state index contributed by atoms with van der Waals surface area (Å²) in [6, 6.07) is 0. The van der Waals surface area contributed by atoms with Gasteiger partial charge in [0.05, 0.1) is 0 Å². The van der Waals surface area contributed by atoms with Gasteiger partial charge in [0.1, 0.15) is 0 Å². The van der Waals surface area contributed by atoms with Gasteiger partial charge in [0, 0.05) is 13.1 Å². The Hall–Kier alpha value is 0.0200. The van der Waals surface area contributed by atoms with Crippen molar-refractivity contribution >= 4 is 8.18 Å². The summed E-state index contributed by atoms with van der Waals surface area (Å²) >= 11 is 0. The molecule has 1 N–H and O–H groups in total. The Labute approximate surface area is 88.4 Å². The summed E-state index contributed by atoms with van der Waals surface area (Å²) in [6.45, 7) is 5.81. The van der Waals surface area contributed by atoms with Crippen molar-refractivity contribution in [1.82, 2.24) is 4.67 Å². The molecule has 0 fully saturated rings. The van der Waals surface area contributed by atoms with Gasteiger partial charge >= 0.3 is 8.18 Å². The molecule has 0 radical (unpaired) electrons. The molecule has 0 aliphatic heterocycles. The van der Waals surface area contributed by atoms with Crippen molar-refractivity contribution in [3.05, 3.63) is 0 Å². The van der Waals surface area contributed by atoms with E-state index in [-0.39, 0.29) is 0 Å². The molecule has 0 spiro atoms. The molecule has 4 heteroatoms. The minimum atomic E-state index is -2.11. The lowest BCUT2D eigenvalue weighted by Gasteiger charge is -2.07. The van der Waals surface area contributed by atoms with E-state index in [1.807, 2.05) is 0 Å². The molecule has 0 aliphatic carbocycles. The van der Waals surface area contributed by atoms with Crippen LogP contribution in [0.25, 0.3) is 0 Å². The number of unbranched alkanes of at least 4 members (excludes halogenated alkanes) is 4. The fourth-order valence-corrected chi connectivity index (χ4v) is 2.00. The highest BCUT2D eigenvalue weighted by molar-refractivity contribution is 7.35. The number of hydrogen-bond donors (Lipinski definition) is 1. The quantitative estimate of drug-likeness (QED) is 0.478. The first kappa shape index (κ1) is 14.0. The summed E-state index contributed by atoms with van der Waals surface area (Å²) < 4.78 is 12.7. The fraction of sp³-hybridized carbons (Fsp3) is 1.00. The monoisotopic (exact) mass is 220 g/mol. The van der Waals surface area contributed by atoms with Gasteiger partial charge in [-0.3, -0.25) is 0 Å². The maximum absolute atomic E-state index is 11.0. The van der Waals surface area contributed by atoms with Gasteiger partial charge in [-0.1, -0.05) is 44.2 Å². The molecule has 1 atom stereocenters. The maximum Gasteiger partial charge on any atom is 0.613 e. The summed E-state index contributed by atoms with van der Waals surface area (Å²) in [7, 11) is -2.11. The van der Waals surface area contributed by atoms with Gasteiger partial charge in [0.15, 0.2) is 0 Å². The molecule has 1 unspecified atom stereocenters. The van der Waals surface area contributed by atoms with E-state index in [1.54, 1.807) is 4.67 Å². The second-order valence-corrected chi connectivity index (χ2v) is 4.69. The topological polar surface area (TPSA) is 40.5 Å². The van der Waals surface area contributed by atoms with Crippen LogP contribution in [0.3, 0.4) is 0 Å². The highest BCUT2D eigenvalue weighted by atomic mass is 31.1. The largest absolute Gasteiger partial charge is 0.613 e. The number of hydrogen-bond acceptors (Lipinski definition) is 1. The molecule has 0 aromatic heterocycles. The molecule has 14 heavy (non-hydrogen) atoms. The summed E-state index contributed by atoms with van der Waals surface area (Å²) in [4.78, 5) is 9.05. The van der Waals surface area contributed by atoms with Gasteiger partial charge in [-0.2, -0.15) is 0 Å². The molecule has 0 aromatic rings. The van der Waals surface area contributed by atoms with E-state index in [0.717, 1.165) is 51.6 Å². The van der Waals surface area contributed by atoms with Crippen LogP contribution in [0.4, 0.5) is 0 Å². The van der Waals surface area contributed by atoms with Crippen molar-refractivity contribution in [1.29, 1.82) is 0 Å². The average Bonchev–Trinajstić information content (AvgIpc) is 2.15. The summed E-state index contributed by atoms with van der Waals surface area (Å²) in [6.07, 6.45) is 6.67. The molecule has 0 amide bonds. The van der Waals surface area contributed by atoms with Crippen molar-refractivity contribution in [3.8, 4) is 0 Å². The van der Waals surface area contributed by atoms with E-state index in [4.69, 9.17) is 4.89 Å². The van der Waals surface area contributed by atoms with Crippen molar-refractivity contribution in [2.75, 3.05) is 13.1 Å². The minimum absolute atomic E-state index is 0.767. The molecule has 0 heterocycles. The van der Waals surface area contributed by atoms with Crippen LogP contribution >= 0.6 is 8.18 Å². The van der Waals surface area contributed by atoms with Crippen LogP contribution in [-0.4, -0.2) is 22.7 Å². The Bertz CT molecular complexity index is 143. The predicted molar refractivity (Wildman–Crippen MR) is 60.4 cm³/mol. The smallest absolute Gasteiger partial charge is 0.144 e. The zero-order valence-corrected chi connectivity index (χ0v) is 10.3. The van der Waals surface area contributed by atoms with Crippen LogP contribution in [0.5, 0.6) is 0 Å². The second-order valence-electron chi connectivity index (χ2n) is 3.62. The Balaban J connectivity index is 3.61. The van der Waals surface area contributed by atoms with E-state index >= 15 is 0 Å². The first-order valence-electron chi connectivity index (χ1n) is 5.63. The molecular formula is C10H23NO2P+. The molecule has 84 valence electrons.